The molecule has 21 heavy (non-hydrogen) atoms. The number of likely N-dealkylation sites (tertiary alicyclic amines) is 2. The van der Waals surface area contributed by atoms with Crippen molar-refractivity contribution in [3.63, 3.8) is 0 Å². The third-order valence-electron chi connectivity index (χ3n) is 5.09. The first-order valence-corrected chi connectivity index (χ1v) is 8.21. The van der Waals surface area contributed by atoms with E-state index >= 15 is 0 Å². The number of carbonyl (C=O) groups is 1. The third kappa shape index (κ3) is 3.29. The molecular formula is C18H26N2O. The van der Waals surface area contributed by atoms with Crippen molar-refractivity contribution in [2.45, 2.75) is 52.1 Å². The molecule has 3 heteroatoms. The van der Waals surface area contributed by atoms with Crippen LogP contribution in [0.1, 0.15) is 42.4 Å². The van der Waals surface area contributed by atoms with Crippen LogP contribution >= 0.6 is 0 Å². The molecule has 114 valence electrons. The molecular weight excluding hydrogens is 260 g/mol. The number of rotatable bonds is 3. The number of aryl methyl sites for hydroxylation is 2. The summed E-state index contributed by atoms with van der Waals surface area (Å²) in [5.41, 5.74) is 4.16. The Morgan fingerprint density at radius 2 is 1.86 bits per heavy atom. The molecule has 1 amide bonds. The van der Waals surface area contributed by atoms with E-state index in [9.17, 15) is 4.79 Å². The van der Waals surface area contributed by atoms with Gasteiger partial charge in [0, 0.05) is 38.6 Å². The maximum absolute atomic E-state index is 11.8. The average Bonchev–Trinajstić information content (AvgIpc) is 2.90. The van der Waals surface area contributed by atoms with Gasteiger partial charge in [-0.05, 0) is 49.8 Å². The van der Waals surface area contributed by atoms with Gasteiger partial charge in [-0.15, -0.1) is 0 Å². The van der Waals surface area contributed by atoms with E-state index in [-0.39, 0.29) is 0 Å². The van der Waals surface area contributed by atoms with Crippen molar-refractivity contribution in [3.8, 4) is 0 Å². The first kappa shape index (κ1) is 14.6. The lowest BCUT2D eigenvalue weighted by Crippen LogP contribution is -2.45. The van der Waals surface area contributed by atoms with Crippen molar-refractivity contribution in [1.82, 2.24) is 9.80 Å². The van der Waals surface area contributed by atoms with E-state index < -0.39 is 0 Å². The van der Waals surface area contributed by atoms with Crippen LogP contribution in [-0.4, -0.2) is 41.4 Å². The Balaban J connectivity index is 1.53. The van der Waals surface area contributed by atoms with E-state index in [0.717, 1.165) is 51.9 Å². The Hall–Kier alpha value is -1.35. The molecule has 0 N–H and O–H groups in total. The van der Waals surface area contributed by atoms with Crippen LogP contribution in [-0.2, 0) is 11.3 Å². The molecule has 0 spiro atoms. The second-order valence-corrected chi connectivity index (χ2v) is 6.62. The number of hydrogen-bond acceptors (Lipinski definition) is 2. The van der Waals surface area contributed by atoms with Crippen LogP contribution in [0.2, 0.25) is 0 Å². The monoisotopic (exact) mass is 286 g/mol. The highest BCUT2D eigenvalue weighted by Gasteiger charge is 2.30. The summed E-state index contributed by atoms with van der Waals surface area (Å²) in [6, 6.07) is 7.28. The molecule has 0 saturated carbocycles. The molecule has 0 aliphatic carbocycles. The Morgan fingerprint density at radius 1 is 1.10 bits per heavy atom. The molecule has 2 aliphatic rings. The van der Waals surface area contributed by atoms with Crippen LogP contribution in [0, 0.1) is 13.8 Å². The molecule has 1 aromatic rings. The molecule has 0 atom stereocenters. The number of nitrogens with zero attached hydrogens (tertiary/aromatic N) is 2. The summed E-state index contributed by atoms with van der Waals surface area (Å²) in [6.07, 6.45) is 4.09. The fourth-order valence-corrected chi connectivity index (χ4v) is 3.60. The molecule has 3 rings (SSSR count). The fraction of sp³-hybridized carbons (Fsp3) is 0.611. The van der Waals surface area contributed by atoms with Gasteiger partial charge in [0.1, 0.15) is 0 Å². The molecule has 0 radical (unpaired) electrons. The van der Waals surface area contributed by atoms with Gasteiger partial charge < -0.3 is 4.90 Å². The summed E-state index contributed by atoms with van der Waals surface area (Å²) in [4.78, 5) is 16.5. The molecule has 0 bridgehead atoms. The SMILES string of the molecule is Cc1ccc(CN2CCC(N3CCCC3=O)CC2)cc1C. The second kappa shape index (κ2) is 6.18. The molecule has 0 unspecified atom stereocenters. The highest BCUT2D eigenvalue weighted by molar-refractivity contribution is 5.78. The Morgan fingerprint density at radius 3 is 2.48 bits per heavy atom. The summed E-state index contributed by atoms with van der Waals surface area (Å²) < 4.78 is 0. The van der Waals surface area contributed by atoms with Gasteiger partial charge in [0.05, 0.1) is 0 Å². The predicted octanol–water partition coefficient (Wildman–Crippen LogP) is 2.89. The zero-order chi connectivity index (χ0) is 14.8. The highest BCUT2D eigenvalue weighted by atomic mass is 16.2. The Labute approximate surface area is 127 Å². The lowest BCUT2D eigenvalue weighted by molar-refractivity contribution is -0.130. The lowest BCUT2D eigenvalue weighted by Gasteiger charge is -2.36. The summed E-state index contributed by atoms with van der Waals surface area (Å²) in [5, 5.41) is 0. The van der Waals surface area contributed by atoms with Crippen molar-refractivity contribution in [2.24, 2.45) is 0 Å². The predicted molar refractivity (Wildman–Crippen MR) is 85.2 cm³/mol. The van der Waals surface area contributed by atoms with Crippen LogP contribution in [0.25, 0.3) is 0 Å². The van der Waals surface area contributed by atoms with Crippen LogP contribution in [0.4, 0.5) is 0 Å². The topological polar surface area (TPSA) is 23.6 Å². The van der Waals surface area contributed by atoms with Gasteiger partial charge in [0.15, 0.2) is 0 Å². The maximum Gasteiger partial charge on any atom is 0.222 e. The first-order valence-electron chi connectivity index (χ1n) is 8.21. The average molecular weight is 286 g/mol. The van der Waals surface area contributed by atoms with Gasteiger partial charge in [-0.3, -0.25) is 9.69 Å². The zero-order valence-corrected chi connectivity index (χ0v) is 13.3. The van der Waals surface area contributed by atoms with E-state index in [1.165, 1.54) is 16.7 Å². The number of piperidine rings is 1. The fourth-order valence-electron chi connectivity index (χ4n) is 3.60. The molecule has 1 aromatic carbocycles. The van der Waals surface area contributed by atoms with Crippen LogP contribution in [0.15, 0.2) is 18.2 Å². The van der Waals surface area contributed by atoms with Gasteiger partial charge in [-0.25, -0.2) is 0 Å². The minimum absolute atomic E-state index is 0.377. The molecule has 2 fully saturated rings. The van der Waals surface area contributed by atoms with Gasteiger partial charge >= 0.3 is 0 Å². The summed E-state index contributed by atoms with van der Waals surface area (Å²) >= 11 is 0. The Kier molecular flexibility index (Phi) is 4.29. The first-order chi connectivity index (χ1) is 10.1. The third-order valence-corrected chi connectivity index (χ3v) is 5.09. The van der Waals surface area contributed by atoms with Gasteiger partial charge in [-0.2, -0.15) is 0 Å². The van der Waals surface area contributed by atoms with E-state index in [4.69, 9.17) is 0 Å². The number of hydrogen-bond donors (Lipinski definition) is 0. The minimum atomic E-state index is 0.377. The summed E-state index contributed by atoms with van der Waals surface area (Å²) in [5.74, 6) is 0.377. The smallest absolute Gasteiger partial charge is 0.222 e. The number of carbonyl (C=O) groups excluding carboxylic acids is 1. The lowest BCUT2D eigenvalue weighted by atomic mass is 10.0. The van der Waals surface area contributed by atoms with E-state index in [1.54, 1.807) is 0 Å². The maximum atomic E-state index is 11.8. The van der Waals surface area contributed by atoms with Crippen molar-refractivity contribution >= 4 is 5.91 Å². The second-order valence-electron chi connectivity index (χ2n) is 6.62. The summed E-state index contributed by atoms with van der Waals surface area (Å²) in [7, 11) is 0. The standard InChI is InChI=1S/C18H26N2O/c1-14-5-6-16(12-15(14)2)13-19-10-7-17(8-11-19)20-9-3-4-18(20)21/h5-6,12,17H,3-4,7-11,13H2,1-2H3. The molecule has 3 nitrogen and oxygen atoms in total. The summed E-state index contributed by atoms with van der Waals surface area (Å²) in [6.45, 7) is 8.60. The zero-order valence-electron chi connectivity index (χ0n) is 13.3. The van der Waals surface area contributed by atoms with E-state index in [0.29, 0.717) is 11.9 Å². The van der Waals surface area contributed by atoms with Crippen LogP contribution in [0.5, 0.6) is 0 Å². The van der Waals surface area contributed by atoms with Crippen LogP contribution < -0.4 is 0 Å². The molecule has 2 heterocycles. The van der Waals surface area contributed by atoms with Crippen molar-refractivity contribution in [3.05, 3.63) is 34.9 Å². The quantitative estimate of drug-likeness (QED) is 0.853. The highest BCUT2D eigenvalue weighted by Crippen LogP contribution is 2.23. The normalized spacial score (nSPS) is 21.2. The Bertz CT molecular complexity index is 518. The van der Waals surface area contributed by atoms with E-state index in [1.807, 2.05) is 0 Å². The van der Waals surface area contributed by atoms with Crippen LogP contribution in [0.3, 0.4) is 0 Å². The van der Waals surface area contributed by atoms with Gasteiger partial charge in [0.2, 0.25) is 5.91 Å². The largest absolute Gasteiger partial charge is 0.340 e. The van der Waals surface area contributed by atoms with Crippen molar-refractivity contribution < 1.29 is 4.79 Å². The molecule has 2 aliphatic heterocycles. The molecule has 2 saturated heterocycles. The van der Waals surface area contributed by atoms with Gasteiger partial charge in [0.25, 0.3) is 0 Å². The number of benzene rings is 1. The van der Waals surface area contributed by atoms with E-state index in [2.05, 4.69) is 41.8 Å². The molecule has 0 aromatic heterocycles. The minimum Gasteiger partial charge on any atom is -0.340 e. The van der Waals surface area contributed by atoms with Crippen molar-refractivity contribution in [1.29, 1.82) is 0 Å². The van der Waals surface area contributed by atoms with Gasteiger partial charge in [-0.1, -0.05) is 18.2 Å². The van der Waals surface area contributed by atoms with Crippen molar-refractivity contribution in [2.75, 3.05) is 19.6 Å². The number of amides is 1.